The molecule has 0 aliphatic rings. The van der Waals surface area contributed by atoms with Crippen molar-refractivity contribution in [1.82, 2.24) is 0 Å². The van der Waals surface area contributed by atoms with E-state index in [1.165, 1.54) is 5.56 Å². The Labute approximate surface area is 85.4 Å². The number of hydrogen-bond donors (Lipinski definition) is 1. The summed E-state index contributed by atoms with van der Waals surface area (Å²) in [5.41, 5.74) is 5.94. The molecule has 1 heteroatoms. The topological polar surface area (TPSA) is 20.2 Å². The summed E-state index contributed by atoms with van der Waals surface area (Å²) in [7, 11) is 0. The van der Waals surface area contributed by atoms with E-state index in [1.54, 1.807) is 6.08 Å². The fourth-order valence-electron chi connectivity index (χ4n) is 1.36. The van der Waals surface area contributed by atoms with Crippen LogP contribution in [0.15, 0.2) is 30.5 Å². The van der Waals surface area contributed by atoms with Gasteiger partial charge in [-0.15, -0.1) is 5.73 Å². The fourth-order valence-corrected chi connectivity index (χ4v) is 1.36. The first-order valence-electron chi connectivity index (χ1n) is 4.78. The summed E-state index contributed by atoms with van der Waals surface area (Å²) >= 11 is 0. The monoisotopic (exact) mass is 188 g/mol. The molecule has 0 aliphatic heterocycles. The summed E-state index contributed by atoms with van der Waals surface area (Å²) in [6, 6.07) is 6.09. The Morgan fingerprint density at radius 2 is 2.21 bits per heavy atom. The Bertz CT molecular complexity index is 357. The van der Waals surface area contributed by atoms with Crippen molar-refractivity contribution >= 4 is 6.08 Å². The first kappa shape index (κ1) is 10.8. The van der Waals surface area contributed by atoms with E-state index in [1.807, 2.05) is 6.07 Å². The third kappa shape index (κ3) is 2.35. The van der Waals surface area contributed by atoms with E-state index in [0.717, 1.165) is 11.1 Å². The largest absolute Gasteiger partial charge is 0.392 e. The molecular weight excluding hydrogens is 172 g/mol. The second-order valence-corrected chi connectivity index (χ2v) is 3.62. The van der Waals surface area contributed by atoms with E-state index in [2.05, 4.69) is 38.3 Å². The van der Waals surface area contributed by atoms with Gasteiger partial charge in [0.05, 0.1) is 6.61 Å². The highest BCUT2D eigenvalue weighted by atomic mass is 16.3. The molecule has 1 nitrogen and oxygen atoms in total. The Balaban J connectivity index is 3.20. The maximum Gasteiger partial charge on any atom is 0.0687 e. The van der Waals surface area contributed by atoms with Gasteiger partial charge < -0.3 is 5.11 Å². The number of aliphatic hydroxyl groups excluding tert-OH is 1. The molecule has 0 aromatic heterocycles. The molecule has 0 saturated carbocycles. The van der Waals surface area contributed by atoms with E-state index < -0.39 is 0 Å². The summed E-state index contributed by atoms with van der Waals surface area (Å²) in [5.74, 6) is 0.500. The van der Waals surface area contributed by atoms with Crippen LogP contribution in [0.25, 0.3) is 6.08 Å². The Hall–Kier alpha value is -1.30. The molecule has 0 heterocycles. The molecule has 14 heavy (non-hydrogen) atoms. The zero-order valence-electron chi connectivity index (χ0n) is 8.75. The first-order valence-corrected chi connectivity index (χ1v) is 4.78. The Morgan fingerprint density at radius 1 is 1.50 bits per heavy atom. The van der Waals surface area contributed by atoms with Crippen molar-refractivity contribution in [1.29, 1.82) is 0 Å². The van der Waals surface area contributed by atoms with Gasteiger partial charge >= 0.3 is 0 Å². The van der Waals surface area contributed by atoms with Gasteiger partial charge in [-0.2, -0.15) is 0 Å². The van der Waals surface area contributed by atoms with Crippen LogP contribution in [-0.4, -0.2) is 5.11 Å². The van der Waals surface area contributed by atoms with Gasteiger partial charge in [0, 0.05) is 0 Å². The SMILES string of the molecule is C=C=Cc1cc(C(C)C)ccc1CO. The lowest BCUT2D eigenvalue weighted by Gasteiger charge is -2.09. The van der Waals surface area contributed by atoms with Crippen molar-refractivity contribution in [3.8, 4) is 0 Å². The smallest absolute Gasteiger partial charge is 0.0687 e. The van der Waals surface area contributed by atoms with Gasteiger partial charge in [-0.05, 0) is 28.7 Å². The summed E-state index contributed by atoms with van der Waals surface area (Å²) in [6.07, 6.45) is 1.80. The minimum absolute atomic E-state index is 0.0614. The molecule has 1 aromatic carbocycles. The van der Waals surface area contributed by atoms with E-state index in [9.17, 15) is 0 Å². The molecule has 0 spiro atoms. The van der Waals surface area contributed by atoms with Gasteiger partial charge in [-0.3, -0.25) is 0 Å². The molecule has 1 rings (SSSR count). The molecule has 0 amide bonds. The maximum atomic E-state index is 9.11. The minimum atomic E-state index is 0.0614. The molecular formula is C13H16O. The highest BCUT2D eigenvalue weighted by molar-refractivity contribution is 5.54. The highest BCUT2D eigenvalue weighted by Gasteiger charge is 2.03. The predicted octanol–water partition coefficient (Wildman–Crippen LogP) is 3.10. The van der Waals surface area contributed by atoms with Crippen LogP contribution in [0.5, 0.6) is 0 Å². The average Bonchev–Trinajstić information content (AvgIpc) is 2.18. The van der Waals surface area contributed by atoms with E-state index in [-0.39, 0.29) is 6.61 Å². The molecule has 0 aliphatic carbocycles. The zero-order valence-corrected chi connectivity index (χ0v) is 8.75. The molecule has 0 saturated heterocycles. The number of hydrogen-bond acceptors (Lipinski definition) is 1. The lowest BCUT2D eigenvalue weighted by atomic mass is 9.97. The van der Waals surface area contributed by atoms with Crippen LogP contribution in [-0.2, 0) is 6.61 Å². The molecule has 1 aromatic rings. The van der Waals surface area contributed by atoms with Crippen molar-refractivity contribution < 1.29 is 5.11 Å². The van der Waals surface area contributed by atoms with Gasteiger partial charge in [0.15, 0.2) is 0 Å². The second kappa shape index (κ2) is 4.80. The van der Waals surface area contributed by atoms with Gasteiger partial charge in [-0.25, -0.2) is 0 Å². The maximum absolute atomic E-state index is 9.11. The molecule has 1 N–H and O–H groups in total. The standard InChI is InChI=1S/C13H16O/c1-4-5-12-8-11(10(2)3)6-7-13(12)9-14/h5-8,10,14H,1,9H2,2-3H3. The van der Waals surface area contributed by atoms with Crippen LogP contribution in [0, 0.1) is 0 Å². The lowest BCUT2D eigenvalue weighted by molar-refractivity contribution is 0.281. The van der Waals surface area contributed by atoms with Crippen molar-refractivity contribution in [2.45, 2.75) is 26.4 Å². The van der Waals surface area contributed by atoms with Crippen LogP contribution in [0.2, 0.25) is 0 Å². The van der Waals surface area contributed by atoms with Crippen LogP contribution < -0.4 is 0 Å². The summed E-state index contributed by atoms with van der Waals surface area (Å²) < 4.78 is 0. The van der Waals surface area contributed by atoms with Gasteiger partial charge in [0.1, 0.15) is 0 Å². The van der Waals surface area contributed by atoms with E-state index >= 15 is 0 Å². The average molecular weight is 188 g/mol. The second-order valence-electron chi connectivity index (χ2n) is 3.62. The summed E-state index contributed by atoms with van der Waals surface area (Å²) in [6.45, 7) is 7.90. The molecule has 0 atom stereocenters. The summed E-state index contributed by atoms with van der Waals surface area (Å²) in [4.78, 5) is 0. The van der Waals surface area contributed by atoms with E-state index in [4.69, 9.17) is 5.11 Å². The van der Waals surface area contributed by atoms with Crippen molar-refractivity contribution in [2.24, 2.45) is 0 Å². The molecule has 74 valence electrons. The van der Waals surface area contributed by atoms with Crippen LogP contribution in [0.1, 0.15) is 36.5 Å². The number of benzene rings is 1. The summed E-state index contributed by atoms with van der Waals surface area (Å²) in [5, 5.41) is 9.11. The number of rotatable bonds is 3. The van der Waals surface area contributed by atoms with Crippen LogP contribution in [0.4, 0.5) is 0 Å². The van der Waals surface area contributed by atoms with Crippen LogP contribution >= 0.6 is 0 Å². The van der Waals surface area contributed by atoms with Crippen molar-refractivity contribution in [3.05, 3.63) is 47.2 Å². The highest BCUT2D eigenvalue weighted by Crippen LogP contribution is 2.19. The normalized spacial score (nSPS) is 10.0. The third-order valence-electron chi connectivity index (χ3n) is 2.26. The molecule has 0 fully saturated rings. The number of aliphatic hydroxyl groups is 1. The molecule has 0 bridgehead atoms. The van der Waals surface area contributed by atoms with Crippen molar-refractivity contribution in [2.75, 3.05) is 0 Å². The molecule has 0 unspecified atom stereocenters. The van der Waals surface area contributed by atoms with Gasteiger partial charge in [-0.1, -0.05) is 38.6 Å². The quantitative estimate of drug-likeness (QED) is 0.723. The van der Waals surface area contributed by atoms with E-state index in [0.29, 0.717) is 5.92 Å². The zero-order chi connectivity index (χ0) is 10.6. The van der Waals surface area contributed by atoms with Gasteiger partial charge in [0.2, 0.25) is 0 Å². The minimum Gasteiger partial charge on any atom is -0.392 e. The Kier molecular flexibility index (Phi) is 3.70. The lowest BCUT2D eigenvalue weighted by Crippen LogP contribution is -1.93. The molecule has 0 radical (unpaired) electrons. The third-order valence-corrected chi connectivity index (χ3v) is 2.26. The first-order chi connectivity index (χ1) is 6.69. The van der Waals surface area contributed by atoms with Crippen molar-refractivity contribution in [3.63, 3.8) is 0 Å². The van der Waals surface area contributed by atoms with Gasteiger partial charge in [0.25, 0.3) is 0 Å². The fraction of sp³-hybridized carbons (Fsp3) is 0.308. The predicted molar refractivity (Wildman–Crippen MR) is 60.1 cm³/mol. The Morgan fingerprint density at radius 3 is 2.71 bits per heavy atom. The van der Waals surface area contributed by atoms with Crippen LogP contribution in [0.3, 0.4) is 0 Å².